The van der Waals surface area contributed by atoms with Crippen molar-refractivity contribution >= 4 is 15.9 Å². The number of piperidine rings is 1. The van der Waals surface area contributed by atoms with Crippen molar-refractivity contribution in [2.45, 2.75) is 43.0 Å². The van der Waals surface area contributed by atoms with E-state index >= 15 is 0 Å². The van der Waals surface area contributed by atoms with Gasteiger partial charge in [-0.05, 0) is 79.6 Å². The van der Waals surface area contributed by atoms with Gasteiger partial charge >= 0.3 is 0 Å². The van der Waals surface area contributed by atoms with E-state index < -0.39 is 15.8 Å². The number of benzene rings is 2. The lowest BCUT2D eigenvalue weighted by Gasteiger charge is -2.32. The molecule has 1 saturated heterocycles. The molecule has 0 aromatic heterocycles. The number of halogens is 1. The summed E-state index contributed by atoms with van der Waals surface area (Å²) in [6.07, 6.45) is 4.36. The van der Waals surface area contributed by atoms with Crippen molar-refractivity contribution < 1.29 is 22.3 Å². The number of carbonyl (C=O) groups excluding carboxylic acids is 1. The Balaban J connectivity index is 1.25. The van der Waals surface area contributed by atoms with Gasteiger partial charge in [0.1, 0.15) is 11.6 Å². The van der Waals surface area contributed by atoms with Crippen LogP contribution < -0.4 is 9.46 Å². The summed E-state index contributed by atoms with van der Waals surface area (Å²) in [5.41, 5.74) is 2.66. The fourth-order valence-corrected chi connectivity index (χ4v) is 5.33. The molecule has 1 N–H and O–H groups in total. The molecule has 1 aliphatic carbocycles. The average molecular weight is 433 g/mol. The number of rotatable bonds is 6. The number of carbonyl (C=O) groups is 1. The first kappa shape index (κ1) is 20.8. The SMILES string of the molecule is O=C(COc1ccc2c(c1)CCC2)N1CCC(NS(=O)(=O)c2ccc(F)cc2)CC1. The van der Waals surface area contributed by atoms with E-state index in [1.54, 1.807) is 4.90 Å². The van der Waals surface area contributed by atoms with Crippen LogP contribution in [0.3, 0.4) is 0 Å². The van der Waals surface area contributed by atoms with E-state index in [-0.39, 0.29) is 23.5 Å². The van der Waals surface area contributed by atoms with E-state index in [1.807, 2.05) is 12.1 Å². The molecule has 0 radical (unpaired) electrons. The summed E-state index contributed by atoms with van der Waals surface area (Å²) in [5.74, 6) is 0.129. The van der Waals surface area contributed by atoms with Crippen LogP contribution in [0.5, 0.6) is 5.75 Å². The van der Waals surface area contributed by atoms with E-state index in [0.29, 0.717) is 31.7 Å². The van der Waals surface area contributed by atoms with Crippen molar-refractivity contribution in [1.82, 2.24) is 9.62 Å². The molecule has 30 heavy (non-hydrogen) atoms. The van der Waals surface area contributed by atoms with E-state index in [1.165, 1.54) is 23.3 Å². The maximum atomic E-state index is 13.0. The number of sulfonamides is 1. The Morgan fingerprint density at radius 1 is 1.07 bits per heavy atom. The van der Waals surface area contributed by atoms with Crippen LogP contribution in [0, 0.1) is 5.82 Å². The van der Waals surface area contributed by atoms with E-state index in [4.69, 9.17) is 4.74 Å². The number of likely N-dealkylation sites (tertiary alicyclic amines) is 1. The molecule has 1 heterocycles. The minimum Gasteiger partial charge on any atom is -0.484 e. The summed E-state index contributed by atoms with van der Waals surface area (Å²) in [5, 5.41) is 0. The van der Waals surface area contributed by atoms with Crippen LogP contribution in [-0.4, -0.2) is 45.0 Å². The number of hydrogen-bond donors (Lipinski definition) is 1. The zero-order chi connectivity index (χ0) is 21.1. The first-order valence-corrected chi connectivity index (χ1v) is 11.7. The van der Waals surface area contributed by atoms with Gasteiger partial charge < -0.3 is 9.64 Å². The highest BCUT2D eigenvalue weighted by molar-refractivity contribution is 7.89. The maximum Gasteiger partial charge on any atom is 0.260 e. The van der Waals surface area contributed by atoms with Crippen LogP contribution in [0.15, 0.2) is 47.4 Å². The zero-order valence-electron chi connectivity index (χ0n) is 16.6. The van der Waals surface area contributed by atoms with Crippen LogP contribution in [0.2, 0.25) is 0 Å². The Morgan fingerprint density at radius 2 is 1.77 bits per heavy atom. The fourth-order valence-electron chi connectivity index (χ4n) is 4.02. The summed E-state index contributed by atoms with van der Waals surface area (Å²) < 4.78 is 46.2. The predicted molar refractivity (Wildman–Crippen MR) is 110 cm³/mol. The summed E-state index contributed by atoms with van der Waals surface area (Å²) >= 11 is 0. The van der Waals surface area contributed by atoms with Gasteiger partial charge in [0.05, 0.1) is 4.90 Å². The van der Waals surface area contributed by atoms with Crippen molar-refractivity contribution in [3.05, 3.63) is 59.4 Å². The van der Waals surface area contributed by atoms with Gasteiger partial charge in [-0.2, -0.15) is 0 Å². The Bertz CT molecular complexity index is 1020. The Labute approximate surface area is 176 Å². The maximum absolute atomic E-state index is 13.0. The minimum atomic E-state index is -3.71. The molecular formula is C22H25FN2O4S. The van der Waals surface area contributed by atoms with Crippen molar-refractivity contribution in [3.63, 3.8) is 0 Å². The number of fused-ring (bicyclic) bond motifs is 1. The molecule has 8 heteroatoms. The third-order valence-electron chi connectivity index (χ3n) is 5.73. The van der Waals surface area contributed by atoms with Gasteiger partial charge in [-0.25, -0.2) is 17.5 Å². The van der Waals surface area contributed by atoms with Gasteiger partial charge in [0.2, 0.25) is 10.0 Å². The molecule has 160 valence electrons. The Kier molecular flexibility index (Phi) is 6.06. The minimum absolute atomic E-state index is 0.0231. The lowest BCUT2D eigenvalue weighted by Crippen LogP contribution is -2.47. The predicted octanol–water partition coefficient (Wildman–Crippen LogP) is 2.66. The van der Waals surface area contributed by atoms with Crippen molar-refractivity contribution in [3.8, 4) is 5.75 Å². The molecular weight excluding hydrogens is 407 g/mol. The quantitative estimate of drug-likeness (QED) is 0.762. The van der Waals surface area contributed by atoms with Crippen molar-refractivity contribution in [1.29, 1.82) is 0 Å². The normalized spacial score (nSPS) is 17.0. The van der Waals surface area contributed by atoms with Gasteiger partial charge in [-0.3, -0.25) is 4.79 Å². The van der Waals surface area contributed by atoms with Gasteiger partial charge in [-0.1, -0.05) is 6.07 Å². The molecule has 2 aromatic carbocycles. The second-order valence-corrected chi connectivity index (χ2v) is 9.52. The van der Waals surface area contributed by atoms with Gasteiger partial charge in [0.15, 0.2) is 6.61 Å². The smallest absolute Gasteiger partial charge is 0.260 e. The topological polar surface area (TPSA) is 75.7 Å². The number of nitrogens with one attached hydrogen (secondary N) is 1. The molecule has 1 aliphatic heterocycles. The second kappa shape index (κ2) is 8.73. The van der Waals surface area contributed by atoms with Crippen LogP contribution in [0.1, 0.15) is 30.4 Å². The van der Waals surface area contributed by atoms with Crippen LogP contribution in [-0.2, 0) is 27.7 Å². The lowest BCUT2D eigenvalue weighted by molar-refractivity contribution is -0.134. The first-order valence-electron chi connectivity index (χ1n) is 10.2. The Hall–Kier alpha value is -2.45. The highest BCUT2D eigenvalue weighted by atomic mass is 32.2. The number of aryl methyl sites for hydroxylation is 2. The van der Waals surface area contributed by atoms with Crippen LogP contribution >= 0.6 is 0 Å². The number of amides is 1. The molecule has 0 saturated carbocycles. The highest BCUT2D eigenvalue weighted by Crippen LogP contribution is 2.26. The second-order valence-electron chi connectivity index (χ2n) is 7.80. The van der Waals surface area contributed by atoms with Gasteiger partial charge in [0, 0.05) is 19.1 Å². The number of hydrogen-bond acceptors (Lipinski definition) is 4. The summed E-state index contributed by atoms with van der Waals surface area (Å²) in [6, 6.07) is 10.5. The molecule has 1 fully saturated rings. The third-order valence-corrected chi connectivity index (χ3v) is 7.26. The summed E-state index contributed by atoms with van der Waals surface area (Å²) in [7, 11) is -3.71. The monoisotopic (exact) mass is 432 g/mol. The summed E-state index contributed by atoms with van der Waals surface area (Å²) in [4.78, 5) is 14.2. The number of ether oxygens (including phenoxy) is 1. The summed E-state index contributed by atoms with van der Waals surface area (Å²) in [6.45, 7) is 0.900. The van der Waals surface area contributed by atoms with E-state index in [0.717, 1.165) is 31.4 Å². The molecule has 2 aromatic rings. The molecule has 0 unspecified atom stereocenters. The standard InChI is InChI=1S/C22H25FN2O4S/c23-18-5-8-21(9-6-18)30(27,28)24-19-10-12-25(13-11-19)22(26)15-29-20-7-4-16-2-1-3-17(16)14-20/h4-9,14,19,24H,1-3,10-13,15H2. The zero-order valence-corrected chi connectivity index (χ0v) is 17.5. The molecule has 2 aliphatic rings. The lowest BCUT2D eigenvalue weighted by atomic mass is 10.1. The molecule has 6 nitrogen and oxygen atoms in total. The molecule has 0 spiro atoms. The van der Waals surface area contributed by atoms with Gasteiger partial charge in [0.25, 0.3) is 5.91 Å². The van der Waals surface area contributed by atoms with Crippen molar-refractivity contribution in [2.24, 2.45) is 0 Å². The van der Waals surface area contributed by atoms with Gasteiger partial charge in [-0.15, -0.1) is 0 Å². The molecule has 0 atom stereocenters. The first-order chi connectivity index (χ1) is 14.4. The molecule has 1 amide bonds. The molecule has 4 rings (SSSR count). The van der Waals surface area contributed by atoms with E-state index in [2.05, 4.69) is 10.8 Å². The third kappa shape index (κ3) is 4.82. The van der Waals surface area contributed by atoms with E-state index in [9.17, 15) is 17.6 Å². The number of nitrogens with zero attached hydrogens (tertiary/aromatic N) is 1. The van der Waals surface area contributed by atoms with Crippen molar-refractivity contribution in [2.75, 3.05) is 19.7 Å². The van der Waals surface area contributed by atoms with Crippen LogP contribution in [0.4, 0.5) is 4.39 Å². The Morgan fingerprint density at radius 3 is 2.50 bits per heavy atom. The highest BCUT2D eigenvalue weighted by Gasteiger charge is 2.27. The van der Waals surface area contributed by atoms with Crippen LogP contribution in [0.25, 0.3) is 0 Å². The fraction of sp³-hybridized carbons (Fsp3) is 0.409. The largest absolute Gasteiger partial charge is 0.484 e. The molecule has 0 bridgehead atoms. The average Bonchev–Trinajstić information content (AvgIpc) is 3.20.